The number of rotatable bonds is 4. The maximum absolute atomic E-state index is 9.50. The van der Waals surface area contributed by atoms with Gasteiger partial charge in [-0.3, -0.25) is 0 Å². The van der Waals surface area contributed by atoms with Gasteiger partial charge in [-0.05, 0) is 89.6 Å². The molecule has 10 rings (SSSR count). The summed E-state index contributed by atoms with van der Waals surface area (Å²) in [6.45, 7) is 0. The number of furan rings is 1. The van der Waals surface area contributed by atoms with Gasteiger partial charge in [0.15, 0.2) is 0 Å². The van der Waals surface area contributed by atoms with E-state index in [0.717, 1.165) is 43.6 Å². The minimum absolute atomic E-state index is 0.0161. The monoisotopic (exact) mass is 631 g/mol. The van der Waals surface area contributed by atoms with E-state index in [1.807, 2.05) is 78.9 Å². The van der Waals surface area contributed by atoms with Gasteiger partial charge in [0.25, 0.3) is 0 Å². The molecule has 1 aromatic heterocycles. The summed E-state index contributed by atoms with van der Waals surface area (Å²) < 4.78 is 86.9. The fraction of sp³-hybridized carbons (Fsp3) is 0. The van der Waals surface area contributed by atoms with E-state index in [2.05, 4.69) is 12.1 Å². The molecule has 0 aliphatic carbocycles. The van der Waals surface area contributed by atoms with Crippen molar-refractivity contribution < 1.29 is 16.8 Å². The Hall–Kier alpha value is -6.44. The van der Waals surface area contributed by atoms with Gasteiger partial charge in [-0.1, -0.05) is 164 Å². The molecule has 0 aliphatic heterocycles. The van der Waals surface area contributed by atoms with Crippen LogP contribution in [0.15, 0.2) is 186 Å². The van der Waals surface area contributed by atoms with Crippen LogP contribution < -0.4 is 0 Å². The highest BCUT2D eigenvalue weighted by molar-refractivity contribution is 6.27. The Morgan fingerprint density at radius 3 is 1.86 bits per heavy atom. The van der Waals surface area contributed by atoms with Gasteiger partial charge in [0.1, 0.15) is 11.2 Å². The van der Waals surface area contributed by atoms with Crippen molar-refractivity contribution in [2.24, 2.45) is 0 Å². The molecule has 0 amide bonds. The van der Waals surface area contributed by atoms with Gasteiger partial charge in [0.05, 0.1) is 12.3 Å². The first kappa shape index (κ1) is 20.0. The van der Waals surface area contributed by atoms with Crippen molar-refractivity contribution in [1.29, 1.82) is 0 Å². The third-order valence-corrected chi connectivity index (χ3v) is 9.41. The Labute approximate surface area is 297 Å². The fourth-order valence-corrected chi connectivity index (χ4v) is 7.24. The predicted octanol–water partition coefficient (Wildman–Crippen LogP) is 13.7. The van der Waals surface area contributed by atoms with Gasteiger partial charge in [-0.15, -0.1) is 0 Å². The first-order valence-corrected chi connectivity index (χ1v) is 16.1. The number of hydrogen-bond acceptors (Lipinski definition) is 1. The topological polar surface area (TPSA) is 13.1 Å². The Kier molecular flexibility index (Phi) is 4.53. The molecule has 0 saturated heterocycles. The molecule has 0 saturated carbocycles. The van der Waals surface area contributed by atoms with Crippen LogP contribution in [0.4, 0.5) is 0 Å². The van der Waals surface area contributed by atoms with Crippen LogP contribution in [0.3, 0.4) is 0 Å². The molecule has 9 aromatic carbocycles. The average Bonchev–Trinajstić information content (AvgIpc) is 3.64. The van der Waals surface area contributed by atoms with E-state index >= 15 is 0 Å². The Bertz CT molecular complexity index is 3330. The molecular weight excluding hydrogens is 593 g/mol. The molecule has 0 spiro atoms. The first-order chi connectivity index (χ1) is 28.1. The minimum Gasteiger partial charge on any atom is -0.455 e. The zero-order valence-electron chi connectivity index (χ0n) is 35.0. The average molecular weight is 632 g/mol. The van der Waals surface area contributed by atoms with Gasteiger partial charge in [0, 0.05) is 16.2 Å². The second-order valence-corrected chi connectivity index (χ2v) is 12.1. The molecule has 0 N–H and O–H groups in total. The van der Waals surface area contributed by atoms with Crippen molar-refractivity contribution in [3.63, 3.8) is 0 Å². The number of hydrogen-bond donors (Lipinski definition) is 0. The lowest BCUT2D eigenvalue weighted by Gasteiger charge is -2.19. The zero-order chi connectivity index (χ0) is 40.1. The van der Waals surface area contributed by atoms with Crippen LogP contribution in [0.2, 0.25) is 0 Å². The quantitative estimate of drug-likeness (QED) is 0.176. The minimum atomic E-state index is -0.496. The third kappa shape index (κ3) is 4.40. The highest BCUT2D eigenvalue weighted by atomic mass is 16.3. The SMILES string of the molecule is [2H]c1c([2H])c([2H])c(-c2ccc3c(-c4cccc5oc6c7ccccc7ccc6c45)c4ccccc4c(-c4c([2H])c([2H])c(-c5ccccc5)c([2H])c4[2H])c3c2)c([2H])c1[2H]. The summed E-state index contributed by atoms with van der Waals surface area (Å²) >= 11 is 0. The largest absolute Gasteiger partial charge is 0.455 e. The molecule has 0 radical (unpaired) electrons. The number of benzene rings is 9. The van der Waals surface area contributed by atoms with E-state index in [9.17, 15) is 5.48 Å². The highest BCUT2D eigenvalue weighted by Crippen LogP contribution is 2.48. The van der Waals surface area contributed by atoms with E-state index in [-0.39, 0.29) is 52.9 Å². The van der Waals surface area contributed by atoms with Crippen LogP contribution >= 0.6 is 0 Å². The van der Waals surface area contributed by atoms with Crippen LogP contribution in [0.1, 0.15) is 12.3 Å². The van der Waals surface area contributed by atoms with E-state index in [1.165, 1.54) is 0 Å². The summed E-state index contributed by atoms with van der Waals surface area (Å²) in [4.78, 5) is 0. The molecule has 0 unspecified atom stereocenters. The van der Waals surface area contributed by atoms with Crippen molar-refractivity contribution in [1.82, 2.24) is 0 Å². The lowest BCUT2D eigenvalue weighted by Crippen LogP contribution is -1.92. The summed E-state index contributed by atoms with van der Waals surface area (Å²) in [5.41, 5.74) is 4.81. The van der Waals surface area contributed by atoms with Gasteiger partial charge in [-0.2, -0.15) is 0 Å². The second-order valence-electron chi connectivity index (χ2n) is 12.1. The molecule has 1 nitrogen and oxygen atoms in total. The summed E-state index contributed by atoms with van der Waals surface area (Å²) in [7, 11) is 0. The van der Waals surface area contributed by atoms with Crippen LogP contribution in [0.25, 0.3) is 98.8 Å². The van der Waals surface area contributed by atoms with Crippen molar-refractivity contribution in [3.05, 3.63) is 182 Å². The standard InChI is InChI=1S/C48H30O/c1-3-12-31(13-4-1)33-22-24-35(25-23-33)45-38-18-9-10-19-39(38)46(40-28-27-36(30-43(40)45)32-14-5-2-6-15-32)41-20-11-21-44-47(41)42-29-26-34-16-7-8-17-37(34)48(42)49-44/h1-30H/i2D,5D,6D,14D,15D,22D,23D,24D,25D. The van der Waals surface area contributed by atoms with E-state index in [4.69, 9.17) is 11.3 Å². The van der Waals surface area contributed by atoms with Crippen molar-refractivity contribution in [3.8, 4) is 44.5 Å². The fourth-order valence-electron chi connectivity index (χ4n) is 7.24. The molecular formula is C48H30O. The smallest absolute Gasteiger partial charge is 0.143 e. The van der Waals surface area contributed by atoms with Crippen molar-refractivity contribution in [2.75, 3.05) is 0 Å². The van der Waals surface area contributed by atoms with E-state index in [1.54, 1.807) is 36.4 Å². The predicted molar refractivity (Wildman–Crippen MR) is 208 cm³/mol. The Balaban J connectivity index is 1.38. The summed E-state index contributed by atoms with van der Waals surface area (Å²) in [6, 6.07) is 37.2. The Morgan fingerprint density at radius 1 is 0.388 bits per heavy atom. The van der Waals surface area contributed by atoms with Gasteiger partial charge in [-0.25, -0.2) is 0 Å². The lowest BCUT2D eigenvalue weighted by atomic mass is 9.83. The zero-order valence-corrected chi connectivity index (χ0v) is 26.0. The third-order valence-electron chi connectivity index (χ3n) is 9.41. The summed E-state index contributed by atoms with van der Waals surface area (Å²) in [5, 5.41) is 6.55. The molecule has 0 bridgehead atoms. The highest BCUT2D eigenvalue weighted by Gasteiger charge is 2.21. The second kappa shape index (κ2) is 11.1. The normalized spacial score (nSPS) is 14.2. The molecule has 1 heterocycles. The van der Waals surface area contributed by atoms with Crippen LogP contribution in [-0.2, 0) is 0 Å². The van der Waals surface area contributed by atoms with Gasteiger partial charge < -0.3 is 4.42 Å². The first-order valence-electron chi connectivity index (χ1n) is 20.6. The van der Waals surface area contributed by atoms with Crippen LogP contribution in [0.5, 0.6) is 0 Å². The van der Waals surface area contributed by atoms with E-state index < -0.39 is 18.1 Å². The molecule has 49 heavy (non-hydrogen) atoms. The van der Waals surface area contributed by atoms with Crippen LogP contribution in [0, 0.1) is 0 Å². The molecule has 228 valence electrons. The van der Waals surface area contributed by atoms with E-state index in [0.29, 0.717) is 38.4 Å². The van der Waals surface area contributed by atoms with Gasteiger partial charge in [0.2, 0.25) is 0 Å². The maximum atomic E-state index is 9.50. The molecule has 0 aliphatic rings. The Morgan fingerprint density at radius 2 is 1.04 bits per heavy atom. The summed E-state index contributed by atoms with van der Waals surface area (Å²) in [5.74, 6) is 0. The van der Waals surface area contributed by atoms with Gasteiger partial charge >= 0.3 is 0 Å². The molecule has 0 fully saturated rings. The molecule has 10 aromatic rings. The van der Waals surface area contributed by atoms with Crippen LogP contribution in [-0.4, -0.2) is 0 Å². The number of fused-ring (bicyclic) bond motifs is 7. The molecule has 1 heteroatoms. The molecule has 0 atom stereocenters. The summed E-state index contributed by atoms with van der Waals surface area (Å²) in [6.07, 6.45) is 0. The van der Waals surface area contributed by atoms with Crippen molar-refractivity contribution in [2.45, 2.75) is 0 Å². The maximum Gasteiger partial charge on any atom is 0.143 e. The van der Waals surface area contributed by atoms with Crippen molar-refractivity contribution >= 4 is 54.3 Å². The lowest BCUT2D eigenvalue weighted by molar-refractivity contribution is 0.673.